The minimum Gasteiger partial charge on any atom is -0.333 e. The molecule has 8 heteroatoms. The molecule has 0 aliphatic carbocycles. The summed E-state index contributed by atoms with van der Waals surface area (Å²) in [5, 5.41) is 7.92. The molecule has 0 radical (unpaired) electrons. The lowest BCUT2D eigenvalue weighted by atomic mass is 10.1. The summed E-state index contributed by atoms with van der Waals surface area (Å²) >= 11 is 6.07. The smallest absolute Gasteiger partial charge is 0.333 e. The van der Waals surface area contributed by atoms with Gasteiger partial charge < -0.3 is 9.88 Å². The highest BCUT2D eigenvalue weighted by molar-refractivity contribution is 6.31. The molecule has 0 fully saturated rings. The number of para-hydroxylation sites is 1. The molecule has 1 amide bonds. The van der Waals surface area contributed by atoms with Gasteiger partial charge in [-0.1, -0.05) is 41.0 Å². The Labute approximate surface area is 164 Å². The fourth-order valence-corrected chi connectivity index (χ4v) is 3.25. The Kier molecular flexibility index (Phi) is 4.58. The van der Waals surface area contributed by atoms with Gasteiger partial charge in [-0.3, -0.25) is 14.3 Å². The molecule has 2 heterocycles. The number of rotatable bonds is 5. The number of nitrogens with zero attached hydrogens (tertiary/aromatic N) is 2. The number of hydrogen-bond acceptors (Lipinski definition) is 4. The molecule has 0 atom stereocenters. The number of aromatic amines is 1. The number of benzene rings is 2. The molecule has 2 aromatic carbocycles. The van der Waals surface area contributed by atoms with Gasteiger partial charge in [0, 0.05) is 28.0 Å². The summed E-state index contributed by atoms with van der Waals surface area (Å²) in [4.78, 5) is 26.8. The first kappa shape index (κ1) is 17.8. The molecule has 0 aliphatic heterocycles. The molecular weight excluding hydrogens is 380 g/mol. The second-order valence-corrected chi connectivity index (χ2v) is 6.51. The van der Waals surface area contributed by atoms with E-state index in [0.29, 0.717) is 28.5 Å². The third kappa shape index (κ3) is 3.23. The van der Waals surface area contributed by atoms with E-state index >= 15 is 0 Å². The van der Waals surface area contributed by atoms with Crippen LogP contribution in [-0.4, -0.2) is 20.6 Å². The number of aromatic nitrogens is 3. The van der Waals surface area contributed by atoms with Gasteiger partial charge in [-0.25, -0.2) is 4.79 Å². The molecule has 7 nitrogen and oxygen atoms in total. The number of H-pyrrole nitrogens is 1. The lowest BCUT2D eigenvalue weighted by Crippen LogP contribution is -2.17. The summed E-state index contributed by atoms with van der Waals surface area (Å²) < 4.78 is 6.44. The number of fused-ring (bicyclic) bond motifs is 1. The first-order valence-corrected chi connectivity index (χ1v) is 8.81. The summed E-state index contributed by atoms with van der Waals surface area (Å²) in [6, 6.07) is 14.4. The standard InChI is InChI=1S/C20H15ClN4O3/c1-2-9-25-16-6-4-3-5-12(16)10-17(25)19(26)22-15-8-7-13(21)11-14(15)18-23-20(27)28-24-18/h2-8,10-11H,1,9H2,(H,22,26)(H,23,24,27). The summed E-state index contributed by atoms with van der Waals surface area (Å²) in [6.07, 6.45) is 1.73. The van der Waals surface area contributed by atoms with Crippen molar-refractivity contribution in [2.75, 3.05) is 5.32 Å². The van der Waals surface area contributed by atoms with Crippen LogP contribution in [0.3, 0.4) is 0 Å². The Morgan fingerprint density at radius 3 is 2.86 bits per heavy atom. The highest BCUT2D eigenvalue weighted by atomic mass is 35.5. The Morgan fingerprint density at radius 1 is 1.29 bits per heavy atom. The zero-order valence-corrected chi connectivity index (χ0v) is 15.4. The average Bonchev–Trinajstić information content (AvgIpc) is 3.28. The van der Waals surface area contributed by atoms with E-state index in [-0.39, 0.29) is 11.7 Å². The number of nitrogens with one attached hydrogen (secondary N) is 2. The number of anilines is 1. The van der Waals surface area contributed by atoms with Gasteiger partial charge in [-0.2, -0.15) is 0 Å². The molecule has 0 aliphatic rings. The van der Waals surface area contributed by atoms with E-state index < -0.39 is 5.76 Å². The van der Waals surface area contributed by atoms with Crippen molar-refractivity contribution >= 4 is 34.1 Å². The van der Waals surface area contributed by atoms with Crippen LogP contribution in [0.25, 0.3) is 22.3 Å². The van der Waals surface area contributed by atoms with Gasteiger partial charge in [-0.15, -0.1) is 6.58 Å². The highest BCUT2D eigenvalue weighted by Gasteiger charge is 2.18. The minimum atomic E-state index is -0.696. The monoisotopic (exact) mass is 394 g/mol. The van der Waals surface area contributed by atoms with Crippen molar-refractivity contribution in [2.24, 2.45) is 0 Å². The van der Waals surface area contributed by atoms with E-state index in [9.17, 15) is 9.59 Å². The lowest BCUT2D eigenvalue weighted by Gasteiger charge is -2.11. The van der Waals surface area contributed by atoms with E-state index in [4.69, 9.17) is 11.6 Å². The number of amides is 1. The van der Waals surface area contributed by atoms with Crippen molar-refractivity contribution in [3.63, 3.8) is 0 Å². The number of hydrogen-bond donors (Lipinski definition) is 2. The van der Waals surface area contributed by atoms with E-state index in [1.54, 1.807) is 24.3 Å². The molecular formula is C20H15ClN4O3. The maximum Gasteiger partial charge on any atom is 0.439 e. The maximum atomic E-state index is 13.0. The van der Waals surface area contributed by atoms with Crippen LogP contribution in [0.2, 0.25) is 5.02 Å². The van der Waals surface area contributed by atoms with Gasteiger partial charge in [0.25, 0.3) is 5.91 Å². The van der Waals surface area contributed by atoms with Gasteiger partial charge in [0.05, 0.1) is 5.69 Å². The van der Waals surface area contributed by atoms with Crippen LogP contribution in [0.4, 0.5) is 5.69 Å². The molecule has 2 N–H and O–H groups in total. The van der Waals surface area contributed by atoms with E-state index in [2.05, 4.69) is 26.6 Å². The van der Waals surface area contributed by atoms with Crippen molar-refractivity contribution in [1.29, 1.82) is 0 Å². The molecule has 2 aromatic heterocycles. The summed E-state index contributed by atoms with van der Waals surface area (Å²) in [5.41, 5.74) is 2.30. The normalized spacial score (nSPS) is 10.9. The Morgan fingerprint density at radius 2 is 2.11 bits per heavy atom. The van der Waals surface area contributed by atoms with Crippen LogP contribution in [0.1, 0.15) is 10.5 Å². The van der Waals surface area contributed by atoms with Crippen molar-refractivity contribution in [1.82, 2.24) is 14.7 Å². The second kappa shape index (κ2) is 7.21. The number of carbonyl (C=O) groups is 1. The summed E-state index contributed by atoms with van der Waals surface area (Å²) in [5.74, 6) is -0.833. The third-order valence-electron chi connectivity index (χ3n) is 4.28. The zero-order valence-electron chi connectivity index (χ0n) is 14.6. The van der Waals surface area contributed by atoms with Crippen LogP contribution < -0.4 is 11.1 Å². The molecule has 4 rings (SSSR count). The quantitative estimate of drug-likeness (QED) is 0.499. The average molecular weight is 395 g/mol. The van der Waals surface area contributed by atoms with Crippen molar-refractivity contribution in [2.45, 2.75) is 6.54 Å². The second-order valence-electron chi connectivity index (χ2n) is 6.08. The molecule has 28 heavy (non-hydrogen) atoms. The van der Waals surface area contributed by atoms with Gasteiger partial charge >= 0.3 is 5.76 Å². The minimum absolute atomic E-state index is 0.175. The van der Waals surface area contributed by atoms with Crippen molar-refractivity contribution in [3.8, 4) is 11.4 Å². The predicted molar refractivity (Wildman–Crippen MR) is 108 cm³/mol. The van der Waals surface area contributed by atoms with Crippen LogP contribution in [-0.2, 0) is 6.54 Å². The Balaban J connectivity index is 1.76. The van der Waals surface area contributed by atoms with Gasteiger partial charge in [0.2, 0.25) is 0 Å². The van der Waals surface area contributed by atoms with Gasteiger partial charge in [0.1, 0.15) is 5.69 Å². The predicted octanol–water partition coefficient (Wildman–Crippen LogP) is 4.08. The highest BCUT2D eigenvalue weighted by Crippen LogP contribution is 2.29. The van der Waals surface area contributed by atoms with E-state index in [1.807, 2.05) is 34.9 Å². The fraction of sp³-hybridized carbons (Fsp3) is 0.0500. The SMILES string of the molecule is C=CCn1c(C(=O)Nc2ccc(Cl)cc2-c2noc(=O)[nH]2)cc2ccccc21. The summed E-state index contributed by atoms with van der Waals surface area (Å²) in [6.45, 7) is 4.26. The van der Waals surface area contributed by atoms with Gasteiger partial charge in [0.15, 0.2) is 5.82 Å². The molecule has 0 saturated heterocycles. The number of carbonyl (C=O) groups excluding carboxylic acids is 1. The van der Waals surface area contributed by atoms with Crippen LogP contribution >= 0.6 is 11.6 Å². The van der Waals surface area contributed by atoms with Crippen LogP contribution in [0, 0.1) is 0 Å². The van der Waals surface area contributed by atoms with Crippen molar-refractivity contribution in [3.05, 3.63) is 82.5 Å². The molecule has 0 bridgehead atoms. The number of allylic oxidation sites excluding steroid dienone is 1. The third-order valence-corrected chi connectivity index (χ3v) is 4.52. The van der Waals surface area contributed by atoms with E-state index in [0.717, 1.165) is 10.9 Å². The molecule has 0 spiro atoms. The number of halogens is 1. The molecule has 140 valence electrons. The molecule has 0 unspecified atom stereocenters. The fourth-order valence-electron chi connectivity index (χ4n) is 3.08. The van der Waals surface area contributed by atoms with Crippen molar-refractivity contribution < 1.29 is 9.32 Å². The van der Waals surface area contributed by atoms with Crippen LogP contribution in [0.5, 0.6) is 0 Å². The first-order chi connectivity index (χ1) is 13.6. The zero-order chi connectivity index (χ0) is 19.7. The Hall–Kier alpha value is -3.58. The maximum absolute atomic E-state index is 13.0. The lowest BCUT2D eigenvalue weighted by molar-refractivity contribution is 0.101. The molecule has 0 saturated carbocycles. The first-order valence-electron chi connectivity index (χ1n) is 8.43. The topological polar surface area (TPSA) is 92.9 Å². The van der Waals surface area contributed by atoms with E-state index in [1.165, 1.54) is 0 Å². The van der Waals surface area contributed by atoms with Crippen LogP contribution in [0.15, 0.2) is 70.5 Å². The Bertz CT molecular complexity index is 1250. The summed E-state index contributed by atoms with van der Waals surface area (Å²) in [7, 11) is 0. The van der Waals surface area contributed by atoms with Gasteiger partial charge in [-0.05, 0) is 30.3 Å². The largest absolute Gasteiger partial charge is 0.439 e. The molecule has 4 aromatic rings.